The monoisotopic (exact) mass is 513 g/mol. The lowest BCUT2D eigenvalue weighted by molar-refractivity contribution is -0.135. The number of thioether (sulfide) groups is 1. The molecule has 2 aromatic rings. The van der Waals surface area contributed by atoms with Crippen LogP contribution in [0.25, 0.3) is 0 Å². The van der Waals surface area contributed by atoms with E-state index in [9.17, 15) is 14.4 Å². The van der Waals surface area contributed by atoms with Crippen LogP contribution in [0, 0.1) is 0 Å². The first-order chi connectivity index (χ1) is 15.5. The van der Waals surface area contributed by atoms with Crippen LogP contribution in [0.2, 0.25) is 0 Å². The van der Waals surface area contributed by atoms with Crippen molar-refractivity contribution in [1.82, 2.24) is 9.80 Å². The molecule has 8 heteroatoms. The van der Waals surface area contributed by atoms with Gasteiger partial charge in [0.2, 0.25) is 11.8 Å². The van der Waals surface area contributed by atoms with Gasteiger partial charge in [0.1, 0.15) is 6.42 Å². The molecule has 2 heterocycles. The number of hydrogen-bond acceptors (Lipinski definition) is 4. The van der Waals surface area contributed by atoms with Gasteiger partial charge in [-0.1, -0.05) is 30.3 Å². The van der Waals surface area contributed by atoms with Gasteiger partial charge in [0.25, 0.3) is 5.91 Å². The third-order valence-corrected chi connectivity index (χ3v) is 7.23. The molecule has 0 saturated carbocycles. The van der Waals surface area contributed by atoms with Gasteiger partial charge < -0.3 is 15.1 Å². The lowest BCUT2D eigenvalue weighted by atomic mass is 10.0. The lowest BCUT2D eigenvalue weighted by Gasteiger charge is -2.35. The van der Waals surface area contributed by atoms with Crippen LogP contribution in [0.5, 0.6) is 0 Å². The van der Waals surface area contributed by atoms with Crippen molar-refractivity contribution >= 4 is 51.1 Å². The molecule has 0 spiro atoms. The Kier molecular flexibility index (Phi) is 7.32. The Bertz CT molecular complexity index is 1030. The van der Waals surface area contributed by atoms with Crippen molar-refractivity contribution in [3.8, 4) is 0 Å². The summed E-state index contributed by atoms with van der Waals surface area (Å²) < 4.78 is 0.756. The molecule has 32 heavy (non-hydrogen) atoms. The van der Waals surface area contributed by atoms with Crippen molar-refractivity contribution in [3.63, 3.8) is 0 Å². The molecule has 0 aromatic heterocycles. The van der Waals surface area contributed by atoms with Gasteiger partial charge in [-0.25, -0.2) is 0 Å². The zero-order valence-corrected chi connectivity index (χ0v) is 19.9. The molecule has 0 bridgehead atoms. The van der Waals surface area contributed by atoms with Crippen LogP contribution >= 0.6 is 27.7 Å². The summed E-state index contributed by atoms with van der Waals surface area (Å²) in [7, 11) is 0. The maximum atomic E-state index is 12.7. The molecule has 2 aliphatic heterocycles. The molecule has 1 saturated heterocycles. The maximum Gasteiger partial charge on any atom is 0.255 e. The van der Waals surface area contributed by atoms with Gasteiger partial charge in [0, 0.05) is 48.0 Å². The summed E-state index contributed by atoms with van der Waals surface area (Å²) in [6.45, 7) is 1.74. The lowest BCUT2D eigenvalue weighted by Crippen LogP contribution is -2.51. The molecule has 2 aromatic carbocycles. The Balaban J connectivity index is 1.25. The number of piperazine rings is 1. The number of benzene rings is 2. The van der Waals surface area contributed by atoms with E-state index in [0.29, 0.717) is 43.3 Å². The molecule has 0 radical (unpaired) electrons. The molecule has 6 nitrogen and oxygen atoms in total. The summed E-state index contributed by atoms with van der Waals surface area (Å²) >= 11 is 5.21. The summed E-state index contributed by atoms with van der Waals surface area (Å²) in [5.74, 6) is 0.852. The average Bonchev–Trinajstić information content (AvgIpc) is 3.34. The number of carbonyl (C=O) groups excluding carboxylic acids is 3. The minimum Gasteiger partial charge on any atom is -0.339 e. The van der Waals surface area contributed by atoms with Crippen LogP contribution in [-0.2, 0) is 9.59 Å². The molecule has 1 unspecified atom stereocenters. The van der Waals surface area contributed by atoms with E-state index in [1.165, 1.54) is 5.56 Å². The smallest absolute Gasteiger partial charge is 0.255 e. The van der Waals surface area contributed by atoms with Crippen LogP contribution in [0.4, 0.5) is 5.69 Å². The van der Waals surface area contributed by atoms with Crippen LogP contribution in [-0.4, -0.2) is 59.5 Å². The van der Waals surface area contributed by atoms with Gasteiger partial charge in [-0.2, -0.15) is 0 Å². The number of amides is 3. The number of hydrogen-bond donors (Lipinski definition) is 1. The minimum atomic E-state index is -0.328. The van der Waals surface area contributed by atoms with E-state index in [4.69, 9.17) is 0 Å². The number of rotatable bonds is 5. The van der Waals surface area contributed by atoms with E-state index in [1.807, 2.05) is 42.5 Å². The minimum absolute atomic E-state index is 0.0579. The molecule has 4 rings (SSSR count). The van der Waals surface area contributed by atoms with E-state index in [2.05, 4.69) is 32.7 Å². The molecule has 2 aliphatic rings. The van der Waals surface area contributed by atoms with Gasteiger partial charge in [-0.05, 0) is 51.2 Å². The van der Waals surface area contributed by atoms with Crippen LogP contribution in [0.3, 0.4) is 0 Å². The Morgan fingerprint density at radius 3 is 2.31 bits per heavy atom. The SMILES string of the molecule is O=C(CC(=O)N1CCN(C(=O)c2ccccc2Br)CC1)Nc1ccc(C2C=CSC2)cc1. The van der Waals surface area contributed by atoms with Gasteiger partial charge in [0.15, 0.2) is 0 Å². The highest BCUT2D eigenvalue weighted by molar-refractivity contribution is 9.10. The van der Waals surface area contributed by atoms with Crippen LogP contribution < -0.4 is 5.32 Å². The fourth-order valence-electron chi connectivity index (χ4n) is 3.80. The van der Waals surface area contributed by atoms with Crippen molar-refractivity contribution in [2.24, 2.45) is 0 Å². The first-order valence-corrected chi connectivity index (χ1v) is 12.3. The fraction of sp³-hybridized carbons (Fsp3) is 0.292. The zero-order valence-electron chi connectivity index (χ0n) is 17.5. The van der Waals surface area contributed by atoms with E-state index < -0.39 is 0 Å². The molecule has 3 amide bonds. The normalized spacial score (nSPS) is 18.0. The second kappa shape index (κ2) is 10.4. The molecule has 1 fully saturated rings. The largest absolute Gasteiger partial charge is 0.339 e. The first kappa shape index (κ1) is 22.6. The van der Waals surface area contributed by atoms with Crippen molar-refractivity contribution in [3.05, 3.63) is 75.6 Å². The Hall–Kier alpha value is -2.58. The van der Waals surface area contributed by atoms with Crippen molar-refractivity contribution in [2.45, 2.75) is 12.3 Å². The van der Waals surface area contributed by atoms with E-state index in [0.717, 1.165) is 10.2 Å². The maximum absolute atomic E-state index is 12.7. The highest BCUT2D eigenvalue weighted by atomic mass is 79.9. The Labute approximate surface area is 200 Å². The number of nitrogens with zero attached hydrogens (tertiary/aromatic N) is 2. The standard InChI is InChI=1S/C24H24BrN3O3S/c25-21-4-2-1-3-20(21)24(31)28-12-10-27(11-13-28)23(30)15-22(29)26-19-7-5-17(6-8-19)18-9-14-32-16-18/h1-9,14,18H,10-13,15-16H2,(H,26,29). The van der Waals surface area contributed by atoms with E-state index >= 15 is 0 Å². The summed E-state index contributed by atoms with van der Waals surface area (Å²) in [5, 5.41) is 4.92. The van der Waals surface area contributed by atoms with Crippen LogP contribution in [0.15, 0.2) is 64.5 Å². The quantitative estimate of drug-likeness (QED) is 0.610. The summed E-state index contributed by atoms with van der Waals surface area (Å²) in [5.41, 5.74) is 2.51. The molecule has 1 N–H and O–H groups in total. The number of halogens is 1. The van der Waals surface area contributed by atoms with Crippen LogP contribution in [0.1, 0.15) is 28.3 Å². The molecule has 166 valence electrons. The van der Waals surface area contributed by atoms with Crippen molar-refractivity contribution < 1.29 is 14.4 Å². The number of allylic oxidation sites excluding steroid dienone is 1. The Morgan fingerprint density at radius 1 is 0.969 bits per heavy atom. The molecule has 1 atom stereocenters. The van der Waals surface area contributed by atoms with E-state index in [-0.39, 0.29) is 24.1 Å². The predicted molar refractivity (Wildman–Crippen MR) is 131 cm³/mol. The zero-order chi connectivity index (χ0) is 22.5. The number of nitrogens with one attached hydrogen (secondary N) is 1. The second-order valence-corrected chi connectivity index (χ2v) is 9.56. The highest BCUT2D eigenvalue weighted by Gasteiger charge is 2.26. The summed E-state index contributed by atoms with van der Waals surface area (Å²) in [6, 6.07) is 15.1. The van der Waals surface area contributed by atoms with Crippen molar-refractivity contribution in [1.29, 1.82) is 0 Å². The topological polar surface area (TPSA) is 69.7 Å². The predicted octanol–water partition coefficient (Wildman–Crippen LogP) is 4.11. The van der Waals surface area contributed by atoms with Gasteiger partial charge in [-0.3, -0.25) is 14.4 Å². The average molecular weight is 514 g/mol. The number of carbonyl (C=O) groups is 3. The van der Waals surface area contributed by atoms with E-state index in [1.54, 1.807) is 27.6 Å². The second-order valence-electron chi connectivity index (χ2n) is 7.77. The van der Waals surface area contributed by atoms with Crippen molar-refractivity contribution in [2.75, 3.05) is 37.2 Å². The summed E-state index contributed by atoms with van der Waals surface area (Å²) in [4.78, 5) is 41.0. The fourth-order valence-corrected chi connectivity index (χ4v) is 5.18. The molecular formula is C24H24BrN3O3S. The highest BCUT2D eigenvalue weighted by Crippen LogP contribution is 2.30. The van der Waals surface area contributed by atoms with Gasteiger partial charge >= 0.3 is 0 Å². The summed E-state index contributed by atoms with van der Waals surface area (Å²) in [6.07, 6.45) is 1.98. The third-order valence-electron chi connectivity index (χ3n) is 5.64. The van der Waals surface area contributed by atoms with Gasteiger partial charge in [0.05, 0.1) is 5.56 Å². The van der Waals surface area contributed by atoms with Gasteiger partial charge in [-0.15, -0.1) is 11.8 Å². The number of anilines is 1. The molecule has 0 aliphatic carbocycles. The third kappa shape index (κ3) is 5.42. The first-order valence-electron chi connectivity index (χ1n) is 10.5. The Morgan fingerprint density at radius 2 is 1.66 bits per heavy atom. The molecular weight excluding hydrogens is 490 g/mol.